The van der Waals surface area contributed by atoms with Crippen LogP contribution in [0.1, 0.15) is 49.0 Å². The van der Waals surface area contributed by atoms with Crippen LogP contribution in [-0.2, 0) is 4.74 Å². The van der Waals surface area contributed by atoms with Crippen LogP contribution in [0.2, 0.25) is 0 Å². The SMILES string of the molecule is O=C(c1cnccn1)C1CCOC2(CCCC2)C1. The zero-order valence-electron chi connectivity index (χ0n) is 10.5. The number of ether oxygens (including phenoxy) is 1. The number of rotatable bonds is 2. The molecule has 1 atom stereocenters. The first-order valence-corrected chi connectivity index (χ1v) is 6.73. The Labute approximate surface area is 107 Å². The fourth-order valence-electron chi connectivity index (χ4n) is 3.25. The van der Waals surface area contributed by atoms with Crippen LogP contribution >= 0.6 is 0 Å². The molecule has 1 spiro atoms. The Morgan fingerprint density at radius 1 is 1.33 bits per heavy atom. The first kappa shape index (κ1) is 11.8. The summed E-state index contributed by atoms with van der Waals surface area (Å²) in [5.41, 5.74) is 0.485. The molecule has 1 saturated heterocycles. The van der Waals surface area contributed by atoms with E-state index in [-0.39, 0.29) is 17.3 Å². The lowest BCUT2D eigenvalue weighted by Crippen LogP contribution is -2.40. The van der Waals surface area contributed by atoms with Crippen LogP contribution in [0.4, 0.5) is 0 Å². The fraction of sp³-hybridized carbons (Fsp3) is 0.643. The predicted octanol–water partition coefficient (Wildman–Crippen LogP) is 2.40. The highest BCUT2D eigenvalue weighted by Gasteiger charge is 2.42. The molecular formula is C14H18N2O2. The van der Waals surface area contributed by atoms with Gasteiger partial charge in [-0.1, -0.05) is 12.8 Å². The molecule has 2 aliphatic rings. The van der Waals surface area contributed by atoms with Crippen molar-refractivity contribution in [3.05, 3.63) is 24.3 Å². The Balaban J connectivity index is 1.74. The third kappa shape index (κ3) is 2.17. The molecule has 96 valence electrons. The normalized spacial score (nSPS) is 26.3. The summed E-state index contributed by atoms with van der Waals surface area (Å²) in [4.78, 5) is 20.5. The van der Waals surface area contributed by atoms with E-state index in [1.54, 1.807) is 18.6 Å². The summed E-state index contributed by atoms with van der Waals surface area (Å²) in [6.45, 7) is 0.705. The molecule has 0 radical (unpaired) electrons. The lowest BCUT2D eigenvalue weighted by atomic mass is 9.81. The van der Waals surface area contributed by atoms with E-state index in [9.17, 15) is 4.79 Å². The van der Waals surface area contributed by atoms with Gasteiger partial charge < -0.3 is 4.74 Å². The second-order valence-corrected chi connectivity index (χ2v) is 5.38. The molecule has 1 aliphatic heterocycles. The number of carbonyl (C=O) groups is 1. The van der Waals surface area contributed by atoms with Gasteiger partial charge in [-0.15, -0.1) is 0 Å². The summed E-state index contributed by atoms with van der Waals surface area (Å²) >= 11 is 0. The molecule has 0 aromatic carbocycles. The Bertz CT molecular complexity index is 427. The van der Waals surface area contributed by atoms with Crippen molar-refractivity contribution in [2.45, 2.75) is 44.1 Å². The van der Waals surface area contributed by atoms with E-state index in [1.165, 1.54) is 12.8 Å². The molecule has 0 N–H and O–H groups in total. The molecule has 0 bridgehead atoms. The van der Waals surface area contributed by atoms with Crippen molar-refractivity contribution in [3.8, 4) is 0 Å². The Hall–Kier alpha value is -1.29. The van der Waals surface area contributed by atoms with Crippen LogP contribution in [0.15, 0.2) is 18.6 Å². The smallest absolute Gasteiger partial charge is 0.186 e. The Morgan fingerprint density at radius 3 is 2.89 bits per heavy atom. The van der Waals surface area contributed by atoms with Crippen LogP contribution in [0.25, 0.3) is 0 Å². The van der Waals surface area contributed by atoms with Crippen molar-refractivity contribution in [1.82, 2.24) is 9.97 Å². The van der Waals surface area contributed by atoms with Gasteiger partial charge in [-0.2, -0.15) is 0 Å². The maximum absolute atomic E-state index is 12.4. The van der Waals surface area contributed by atoms with Crippen molar-refractivity contribution >= 4 is 5.78 Å². The van der Waals surface area contributed by atoms with Crippen LogP contribution in [-0.4, -0.2) is 28.0 Å². The van der Waals surface area contributed by atoms with Crippen LogP contribution in [0, 0.1) is 5.92 Å². The molecule has 1 aromatic heterocycles. The molecule has 4 heteroatoms. The van der Waals surface area contributed by atoms with Gasteiger partial charge in [0, 0.05) is 24.9 Å². The van der Waals surface area contributed by atoms with E-state index in [1.807, 2.05) is 0 Å². The van der Waals surface area contributed by atoms with Crippen molar-refractivity contribution in [3.63, 3.8) is 0 Å². The lowest BCUT2D eigenvalue weighted by Gasteiger charge is -2.37. The highest BCUT2D eigenvalue weighted by molar-refractivity contribution is 5.95. The van der Waals surface area contributed by atoms with Gasteiger partial charge in [0.2, 0.25) is 0 Å². The highest BCUT2D eigenvalue weighted by Crippen LogP contribution is 2.42. The standard InChI is InChI=1S/C14H18N2O2/c17-13(12-10-15-6-7-16-12)11-3-8-18-14(9-11)4-1-2-5-14/h6-7,10-11H,1-5,8-9H2. The van der Waals surface area contributed by atoms with Crippen molar-refractivity contribution in [1.29, 1.82) is 0 Å². The molecule has 2 heterocycles. The zero-order chi connectivity index (χ0) is 12.4. The number of ketones is 1. The summed E-state index contributed by atoms with van der Waals surface area (Å²) in [5, 5.41) is 0. The maximum Gasteiger partial charge on any atom is 0.186 e. The minimum atomic E-state index is -0.0131. The van der Waals surface area contributed by atoms with Gasteiger partial charge in [-0.25, -0.2) is 4.98 Å². The minimum absolute atomic E-state index is 0.0131. The topological polar surface area (TPSA) is 52.1 Å². The summed E-state index contributed by atoms with van der Waals surface area (Å²) in [7, 11) is 0. The molecule has 1 unspecified atom stereocenters. The first-order chi connectivity index (χ1) is 8.79. The minimum Gasteiger partial charge on any atom is -0.375 e. The monoisotopic (exact) mass is 246 g/mol. The van der Waals surface area contributed by atoms with Gasteiger partial charge in [-0.05, 0) is 25.7 Å². The number of aromatic nitrogens is 2. The molecule has 1 aromatic rings. The van der Waals surface area contributed by atoms with Crippen molar-refractivity contribution < 1.29 is 9.53 Å². The van der Waals surface area contributed by atoms with E-state index in [0.29, 0.717) is 12.3 Å². The molecule has 4 nitrogen and oxygen atoms in total. The van der Waals surface area contributed by atoms with Gasteiger partial charge >= 0.3 is 0 Å². The zero-order valence-corrected chi connectivity index (χ0v) is 10.5. The van der Waals surface area contributed by atoms with Gasteiger partial charge in [0.05, 0.1) is 11.8 Å². The van der Waals surface area contributed by atoms with E-state index in [2.05, 4.69) is 9.97 Å². The quantitative estimate of drug-likeness (QED) is 0.752. The van der Waals surface area contributed by atoms with Crippen LogP contribution in [0.5, 0.6) is 0 Å². The summed E-state index contributed by atoms with van der Waals surface area (Å²) in [6, 6.07) is 0. The van der Waals surface area contributed by atoms with E-state index < -0.39 is 0 Å². The second-order valence-electron chi connectivity index (χ2n) is 5.38. The average molecular weight is 246 g/mol. The molecule has 0 amide bonds. The number of hydrogen-bond donors (Lipinski definition) is 0. The average Bonchev–Trinajstić information content (AvgIpc) is 2.87. The van der Waals surface area contributed by atoms with Crippen molar-refractivity contribution in [2.24, 2.45) is 5.92 Å². The number of nitrogens with zero attached hydrogens (tertiary/aromatic N) is 2. The molecule has 2 fully saturated rings. The van der Waals surface area contributed by atoms with Gasteiger partial charge in [0.1, 0.15) is 5.69 Å². The maximum atomic E-state index is 12.4. The van der Waals surface area contributed by atoms with Gasteiger partial charge in [-0.3, -0.25) is 9.78 Å². The van der Waals surface area contributed by atoms with Crippen LogP contribution in [0.3, 0.4) is 0 Å². The summed E-state index contributed by atoms with van der Waals surface area (Å²) < 4.78 is 5.95. The number of carbonyl (C=O) groups excluding carboxylic acids is 1. The fourth-order valence-corrected chi connectivity index (χ4v) is 3.25. The molecule has 1 aliphatic carbocycles. The first-order valence-electron chi connectivity index (χ1n) is 6.73. The Morgan fingerprint density at radius 2 is 2.17 bits per heavy atom. The predicted molar refractivity (Wildman–Crippen MR) is 66.2 cm³/mol. The Kier molecular flexibility index (Phi) is 3.12. The molecule has 3 rings (SSSR count). The second kappa shape index (κ2) is 4.76. The van der Waals surface area contributed by atoms with E-state index in [4.69, 9.17) is 4.74 Å². The van der Waals surface area contributed by atoms with E-state index >= 15 is 0 Å². The lowest BCUT2D eigenvalue weighted by molar-refractivity contribution is -0.0866. The van der Waals surface area contributed by atoms with Gasteiger partial charge in [0.15, 0.2) is 5.78 Å². The summed E-state index contributed by atoms with van der Waals surface area (Å²) in [6.07, 6.45) is 11.1. The van der Waals surface area contributed by atoms with Crippen molar-refractivity contribution in [2.75, 3.05) is 6.61 Å². The molecule has 18 heavy (non-hydrogen) atoms. The van der Waals surface area contributed by atoms with Gasteiger partial charge in [0.25, 0.3) is 0 Å². The molecule has 1 saturated carbocycles. The number of Topliss-reactive ketones (excluding diaryl/α,β-unsaturated/α-hetero) is 1. The van der Waals surface area contributed by atoms with E-state index in [0.717, 1.165) is 25.7 Å². The number of hydrogen-bond acceptors (Lipinski definition) is 4. The third-order valence-corrected chi connectivity index (χ3v) is 4.19. The highest BCUT2D eigenvalue weighted by atomic mass is 16.5. The van der Waals surface area contributed by atoms with Crippen LogP contribution < -0.4 is 0 Å². The largest absolute Gasteiger partial charge is 0.375 e. The third-order valence-electron chi connectivity index (χ3n) is 4.19. The molecular weight excluding hydrogens is 228 g/mol. The summed E-state index contributed by atoms with van der Waals surface area (Å²) in [5.74, 6) is 0.200.